The van der Waals surface area contributed by atoms with E-state index in [0.29, 0.717) is 10.6 Å². The van der Waals surface area contributed by atoms with Gasteiger partial charge < -0.3 is 5.32 Å². The molecule has 1 aliphatic rings. The minimum atomic E-state index is -3.64. The SMILES string of the molecule is O=S(=O)(Nc1ccc2c(c1)CCCN2)c1cccc2ccccc12. The highest BCUT2D eigenvalue weighted by Crippen LogP contribution is 2.28. The van der Waals surface area contributed by atoms with E-state index in [9.17, 15) is 8.42 Å². The van der Waals surface area contributed by atoms with E-state index in [1.165, 1.54) is 0 Å². The molecule has 5 heteroatoms. The molecule has 2 N–H and O–H groups in total. The highest BCUT2D eigenvalue weighted by molar-refractivity contribution is 7.93. The van der Waals surface area contributed by atoms with Crippen LogP contribution >= 0.6 is 0 Å². The zero-order valence-corrected chi connectivity index (χ0v) is 13.9. The monoisotopic (exact) mass is 338 g/mol. The lowest BCUT2D eigenvalue weighted by Crippen LogP contribution is -2.15. The van der Waals surface area contributed by atoms with Crippen molar-refractivity contribution in [2.45, 2.75) is 17.7 Å². The van der Waals surface area contributed by atoms with E-state index in [-0.39, 0.29) is 0 Å². The van der Waals surface area contributed by atoms with Gasteiger partial charge in [-0.1, -0.05) is 36.4 Å². The van der Waals surface area contributed by atoms with Crippen molar-refractivity contribution < 1.29 is 8.42 Å². The minimum absolute atomic E-state index is 0.302. The molecule has 1 aliphatic heterocycles. The first-order valence-electron chi connectivity index (χ1n) is 8.01. The smallest absolute Gasteiger partial charge is 0.262 e. The quantitative estimate of drug-likeness (QED) is 0.759. The van der Waals surface area contributed by atoms with Gasteiger partial charge in [-0.3, -0.25) is 4.72 Å². The third-order valence-electron chi connectivity index (χ3n) is 4.33. The Labute approximate surface area is 141 Å². The van der Waals surface area contributed by atoms with Gasteiger partial charge in [-0.25, -0.2) is 8.42 Å². The van der Waals surface area contributed by atoms with E-state index in [1.54, 1.807) is 18.2 Å². The van der Waals surface area contributed by atoms with Crippen LogP contribution in [0.3, 0.4) is 0 Å². The first-order valence-corrected chi connectivity index (χ1v) is 9.49. The van der Waals surface area contributed by atoms with Crippen molar-refractivity contribution in [1.29, 1.82) is 0 Å². The summed E-state index contributed by atoms with van der Waals surface area (Å²) in [7, 11) is -3.64. The summed E-state index contributed by atoms with van der Waals surface area (Å²) in [5, 5.41) is 4.97. The summed E-state index contributed by atoms with van der Waals surface area (Å²) in [6.45, 7) is 0.966. The molecule has 0 aliphatic carbocycles. The van der Waals surface area contributed by atoms with Gasteiger partial charge in [-0.05, 0) is 48.1 Å². The molecule has 0 unspecified atom stereocenters. The largest absolute Gasteiger partial charge is 0.385 e. The molecule has 4 rings (SSSR count). The van der Waals surface area contributed by atoms with Crippen LogP contribution in [0, 0.1) is 0 Å². The lowest BCUT2D eigenvalue weighted by atomic mass is 10.0. The summed E-state index contributed by atoms with van der Waals surface area (Å²) in [6, 6.07) is 18.5. The fourth-order valence-electron chi connectivity index (χ4n) is 3.18. The maximum atomic E-state index is 12.9. The van der Waals surface area contributed by atoms with Crippen LogP contribution in [0.4, 0.5) is 11.4 Å². The zero-order chi connectivity index (χ0) is 16.6. The number of anilines is 2. The average molecular weight is 338 g/mol. The molecule has 0 fully saturated rings. The van der Waals surface area contributed by atoms with Crippen LogP contribution in [-0.4, -0.2) is 15.0 Å². The van der Waals surface area contributed by atoms with Gasteiger partial charge in [0, 0.05) is 23.3 Å². The number of rotatable bonds is 3. The Morgan fingerprint density at radius 1 is 0.958 bits per heavy atom. The molecule has 1 heterocycles. The molecule has 122 valence electrons. The van der Waals surface area contributed by atoms with Crippen molar-refractivity contribution in [3.05, 3.63) is 66.2 Å². The van der Waals surface area contributed by atoms with Crippen molar-refractivity contribution in [1.82, 2.24) is 0 Å². The first kappa shape index (κ1) is 15.0. The van der Waals surface area contributed by atoms with Gasteiger partial charge in [0.1, 0.15) is 0 Å². The molecule has 0 radical (unpaired) electrons. The van der Waals surface area contributed by atoms with Crippen LogP contribution in [0.1, 0.15) is 12.0 Å². The van der Waals surface area contributed by atoms with E-state index in [4.69, 9.17) is 0 Å². The van der Waals surface area contributed by atoms with E-state index >= 15 is 0 Å². The minimum Gasteiger partial charge on any atom is -0.385 e. The third-order valence-corrected chi connectivity index (χ3v) is 5.77. The van der Waals surface area contributed by atoms with Crippen molar-refractivity contribution >= 4 is 32.2 Å². The predicted molar refractivity (Wildman–Crippen MR) is 98.0 cm³/mol. The third kappa shape index (κ3) is 2.71. The standard InChI is InChI=1S/C19H18N2O2S/c22-24(23,19-9-3-6-14-5-1-2-8-17(14)19)21-16-10-11-18-15(13-16)7-4-12-20-18/h1-3,5-6,8-11,13,20-21H,4,7,12H2. The number of fused-ring (bicyclic) bond motifs is 2. The number of aryl methyl sites for hydroxylation is 1. The van der Waals surface area contributed by atoms with Gasteiger partial charge in [-0.2, -0.15) is 0 Å². The Bertz CT molecular complexity index is 1010. The van der Waals surface area contributed by atoms with Crippen molar-refractivity contribution in [2.75, 3.05) is 16.6 Å². The number of nitrogens with one attached hydrogen (secondary N) is 2. The Morgan fingerprint density at radius 2 is 1.79 bits per heavy atom. The molecule has 0 saturated heterocycles. The Balaban J connectivity index is 1.73. The fourth-order valence-corrected chi connectivity index (χ4v) is 4.46. The van der Waals surface area contributed by atoms with Gasteiger partial charge >= 0.3 is 0 Å². The molecule has 0 bridgehead atoms. The molecule has 4 nitrogen and oxygen atoms in total. The summed E-state index contributed by atoms with van der Waals surface area (Å²) in [4.78, 5) is 0.302. The highest BCUT2D eigenvalue weighted by Gasteiger charge is 2.18. The summed E-state index contributed by atoms with van der Waals surface area (Å²) < 4.78 is 28.4. The second-order valence-electron chi connectivity index (χ2n) is 5.99. The molecule has 0 spiro atoms. The average Bonchev–Trinajstić information content (AvgIpc) is 2.61. The molecular formula is C19H18N2O2S. The molecular weight excluding hydrogens is 320 g/mol. The molecule has 0 amide bonds. The second-order valence-corrected chi connectivity index (χ2v) is 7.64. The van der Waals surface area contributed by atoms with Gasteiger partial charge in [0.2, 0.25) is 0 Å². The summed E-state index contributed by atoms with van der Waals surface area (Å²) >= 11 is 0. The van der Waals surface area contributed by atoms with Crippen molar-refractivity contribution in [3.63, 3.8) is 0 Å². The molecule has 24 heavy (non-hydrogen) atoms. The Morgan fingerprint density at radius 3 is 2.71 bits per heavy atom. The molecule has 3 aromatic rings. The molecule has 3 aromatic carbocycles. The maximum Gasteiger partial charge on any atom is 0.262 e. The van der Waals surface area contributed by atoms with Crippen LogP contribution in [0.5, 0.6) is 0 Å². The topological polar surface area (TPSA) is 58.2 Å². The predicted octanol–water partition coefficient (Wildman–Crippen LogP) is 4.00. The second kappa shape index (κ2) is 5.83. The lowest BCUT2D eigenvalue weighted by molar-refractivity contribution is 0.602. The Kier molecular flexibility index (Phi) is 3.65. The molecule has 0 saturated carbocycles. The van der Waals surface area contributed by atoms with Gasteiger partial charge in [-0.15, -0.1) is 0 Å². The number of sulfonamides is 1. The van der Waals surface area contributed by atoms with Gasteiger partial charge in [0.15, 0.2) is 0 Å². The summed E-state index contributed by atoms with van der Waals surface area (Å²) in [5.41, 5.74) is 2.85. The van der Waals surface area contributed by atoms with Gasteiger partial charge in [0.05, 0.1) is 4.90 Å². The zero-order valence-electron chi connectivity index (χ0n) is 13.1. The maximum absolute atomic E-state index is 12.9. The Hall–Kier alpha value is -2.53. The van der Waals surface area contributed by atoms with Crippen LogP contribution in [0.15, 0.2) is 65.6 Å². The van der Waals surface area contributed by atoms with E-state index in [0.717, 1.165) is 41.4 Å². The summed E-state index contributed by atoms with van der Waals surface area (Å²) in [5.74, 6) is 0. The van der Waals surface area contributed by atoms with Crippen molar-refractivity contribution in [2.24, 2.45) is 0 Å². The van der Waals surface area contributed by atoms with E-state index in [2.05, 4.69) is 10.0 Å². The first-order chi connectivity index (χ1) is 11.6. The van der Waals surface area contributed by atoms with Gasteiger partial charge in [0.25, 0.3) is 10.0 Å². The van der Waals surface area contributed by atoms with Crippen LogP contribution in [-0.2, 0) is 16.4 Å². The molecule has 0 aromatic heterocycles. The number of hydrogen-bond acceptors (Lipinski definition) is 3. The lowest BCUT2D eigenvalue weighted by Gasteiger charge is -2.19. The van der Waals surface area contributed by atoms with Crippen LogP contribution in [0.2, 0.25) is 0 Å². The number of benzene rings is 3. The van der Waals surface area contributed by atoms with Crippen molar-refractivity contribution in [3.8, 4) is 0 Å². The highest BCUT2D eigenvalue weighted by atomic mass is 32.2. The van der Waals surface area contributed by atoms with Crippen LogP contribution in [0.25, 0.3) is 10.8 Å². The normalized spacial score (nSPS) is 14.0. The summed E-state index contributed by atoms with van der Waals surface area (Å²) in [6.07, 6.45) is 2.03. The number of hydrogen-bond donors (Lipinski definition) is 2. The fraction of sp³-hybridized carbons (Fsp3) is 0.158. The van der Waals surface area contributed by atoms with E-state index < -0.39 is 10.0 Å². The van der Waals surface area contributed by atoms with Crippen LogP contribution < -0.4 is 10.0 Å². The van der Waals surface area contributed by atoms with E-state index in [1.807, 2.05) is 42.5 Å². The molecule has 0 atom stereocenters.